The Labute approximate surface area is 288 Å². The standard InChI is InChI=1S/C36H53N7O6/c1-5-10-25(29(44)34(48)39-23-15-16-23)40-33(47)28-24-14-9-13-22(24)20-43(28)35(49)30(36(2,3)4)42-32(46)27(21-11-7-6-8-12-21)41-31(45)26-19-37-17-18-38-26/h17-19,21-25,27-28,30H,5-16,20H2,1-4H3,(H,39,48)(H,40,47)(H,41,45)(H,42,46)/t22?,24?,25-,27-,28+,30-/m1/s1. The third kappa shape index (κ3) is 8.83. The Morgan fingerprint density at radius 2 is 1.63 bits per heavy atom. The zero-order chi connectivity index (χ0) is 35.3. The van der Waals surface area contributed by atoms with Gasteiger partial charge in [0.1, 0.15) is 23.8 Å². The Bertz CT molecular complexity index is 1390. The molecule has 0 aromatic carbocycles. The monoisotopic (exact) mass is 679 g/mol. The average Bonchev–Trinajstić information content (AvgIpc) is 3.65. The molecule has 1 aromatic rings. The minimum Gasteiger partial charge on any atom is -0.347 e. The van der Waals surface area contributed by atoms with Crippen LogP contribution >= 0.6 is 0 Å². The van der Waals surface area contributed by atoms with Gasteiger partial charge < -0.3 is 26.2 Å². The van der Waals surface area contributed by atoms with Crippen molar-refractivity contribution in [2.45, 2.75) is 135 Å². The number of hydrogen-bond acceptors (Lipinski definition) is 8. The second-order valence-corrected chi connectivity index (χ2v) is 15.5. The summed E-state index contributed by atoms with van der Waals surface area (Å²) in [5, 5.41) is 11.5. The molecule has 3 aliphatic carbocycles. The van der Waals surface area contributed by atoms with Crippen LogP contribution in [-0.2, 0) is 24.0 Å². The van der Waals surface area contributed by atoms with Gasteiger partial charge >= 0.3 is 0 Å². The molecule has 3 saturated carbocycles. The lowest BCUT2D eigenvalue weighted by molar-refractivity contribution is -0.146. The molecule has 13 nitrogen and oxygen atoms in total. The van der Waals surface area contributed by atoms with E-state index in [2.05, 4.69) is 31.2 Å². The van der Waals surface area contributed by atoms with Gasteiger partial charge in [-0.05, 0) is 68.1 Å². The molecule has 0 radical (unpaired) electrons. The summed E-state index contributed by atoms with van der Waals surface area (Å²) >= 11 is 0. The van der Waals surface area contributed by atoms with Crippen molar-refractivity contribution in [3.63, 3.8) is 0 Å². The first-order valence-corrected chi connectivity index (χ1v) is 18.2. The van der Waals surface area contributed by atoms with E-state index in [-0.39, 0.29) is 35.4 Å². The molecule has 1 aliphatic heterocycles. The van der Waals surface area contributed by atoms with E-state index < -0.39 is 59.0 Å². The van der Waals surface area contributed by atoms with E-state index in [1.165, 1.54) is 18.6 Å². The van der Waals surface area contributed by atoms with E-state index >= 15 is 0 Å². The number of nitrogens with one attached hydrogen (secondary N) is 4. The number of carbonyl (C=O) groups excluding carboxylic acids is 6. The number of carbonyl (C=O) groups is 6. The number of hydrogen-bond donors (Lipinski definition) is 4. The quantitative estimate of drug-likeness (QED) is 0.230. The summed E-state index contributed by atoms with van der Waals surface area (Å²) in [6.07, 6.45) is 13.9. The van der Waals surface area contributed by atoms with Gasteiger partial charge in [0, 0.05) is 25.0 Å². The number of nitrogens with zero attached hydrogens (tertiary/aromatic N) is 3. The minimum atomic E-state index is -0.994. The zero-order valence-corrected chi connectivity index (χ0v) is 29.3. The van der Waals surface area contributed by atoms with Crippen molar-refractivity contribution >= 4 is 35.3 Å². The van der Waals surface area contributed by atoms with Crippen LogP contribution in [-0.4, -0.2) is 86.9 Å². The van der Waals surface area contributed by atoms with Crippen molar-refractivity contribution in [3.8, 4) is 0 Å². The third-order valence-electron chi connectivity index (χ3n) is 10.7. The highest BCUT2D eigenvalue weighted by Gasteiger charge is 2.52. The second-order valence-electron chi connectivity index (χ2n) is 15.5. The van der Waals surface area contributed by atoms with Crippen molar-refractivity contribution in [1.82, 2.24) is 36.1 Å². The molecule has 1 saturated heterocycles. The number of fused-ring (bicyclic) bond motifs is 1. The summed E-state index contributed by atoms with van der Waals surface area (Å²) in [4.78, 5) is 91.4. The lowest BCUT2D eigenvalue weighted by atomic mass is 9.82. The van der Waals surface area contributed by atoms with Gasteiger partial charge in [-0.2, -0.15) is 0 Å². The molecule has 2 unspecified atom stereocenters. The van der Waals surface area contributed by atoms with Crippen LogP contribution in [0.1, 0.15) is 115 Å². The molecule has 0 bridgehead atoms. The molecule has 13 heteroatoms. The second kappa shape index (κ2) is 15.8. The van der Waals surface area contributed by atoms with E-state index in [4.69, 9.17) is 0 Å². The summed E-state index contributed by atoms with van der Waals surface area (Å²) in [5.41, 5.74) is -0.638. The Kier molecular flexibility index (Phi) is 11.7. The van der Waals surface area contributed by atoms with Gasteiger partial charge in [0.05, 0.1) is 12.2 Å². The number of ketones is 1. The maximum Gasteiger partial charge on any atom is 0.289 e. The third-order valence-corrected chi connectivity index (χ3v) is 10.7. The molecule has 49 heavy (non-hydrogen) atoms. The van der Waals surface area contributed by atoms with Gasteiger partial charge in [-0.25, -0.2) is 4.98 Å². The Balaban J connectivity index is 1.36. The fourth-order valence-electron chi connectivity index (χ4n) is 7.87. The predicted octanol–water partition coefficient (Wildman–Crippen LogP) is 2.45. The van der Waals surface area contributed by atoms with Crippen molar-refractivity contribution in [2.75, 3.05) is 6.54 Å². The summed E-state index contributed by atoms with van der Waals surface area (Å²) in [6.45, 7) is 7.85. The molecular formula is C36H53N7O6. The number of aromatic nitrogens is 2. The first-order valence-electron chi connectivity index (χ1n) is 18.2. The highest BCUT2D eigenvalue weighted by atomic mass is 16.2. The summed E-state index contributed by atoms with van der Waals surface area (Å²) in [7, 11) is 0. The maximum atomic E-state index is 14.6. The van der Waals surface area contributed by atoms with Crippen LogP contribution in [0.25, 0.3) is 0 Å². The van der Waals surface area contributed by atoms with E-state index in [1.54, 1.807) is 4.90 Å². The highest BCUT2D eigenvalue weighted by Crippen LogP contribution is 2.43. The largest absolute Gasteiger partial charge is 0.347 e. The molecule has 4 aliphatic rings. The fraction of sp³-hybridized carbons (Fsp3) is 0.722. The summed E-state index contributed by atoms with van der Waals surface area (Å²) in [5.74, 6) is -3.20. The van der Waals surface area contributed by atoms with Crippen LogP contribution in [0.5, 0.6) is 0 Å². The molecular weight excluding hydrogens is 626 g/mol. The van der Waals surface area contributed by atoms with Crippen molar-refractivity contribution < 1.29 is 28.8 Å². The van der Waals surface area contributed by atoms with E-state index in [0.717, 1.165) is 64.2 Å². The van der Waals surface area contributed by atoms with Crippen LogP contribution in [0.2, 0.25) is 0 Å². The number of rotatable bonds is 13. The van der Waals surface area contributed by atoms with Crippen LogP contribution in [0.15, 0.2) is 18.6 Å². The first-order chi connectivity index (χ1) is 23.4. The van der Waals surface area contributed by atoms with Crippen molar-refractivity contribution in [2.24, 2.45) is 23.2 Å². The maximum absolute atomic E-state index is 14.6. The van der Waals surface area contributed by atoms with E-state index in [9.17, 15) is 28.8 Å². The van der Waals surface area contributed by atoms with Gasteiger partial charge in [-0.1, -0.05) is 59.8 Å². The van der Waals surface area contributed by atoms with Crippen LogP contribution < -0.4 is 21.3 Å². The Morgan fingerprint density at radius 1 is 0.898 bits per heavy atom. The van der Waals surface area contributed by atoms with Gasteiger partial charge in [0.2, 0.25) is 23.5 Å². The van der Waals surface area contributed by atoms with Crippen LogP contribution in [0.4, 0.5) is 0 Å². The van der Waals surface area contributed by atoms with Crippen LogP contribution in [0, 0.1) is 23.2 Å². The predicted molar refractivity (Wildman–Crippen MR) is 181 cm³/mol. The number of amides is 5. The lowest BCUT2D eigenvalue weighted by Crippen LogP contribution is -2.62. The van der Waals surface area contributed by atoms with E-state index in [0.29, 0.717) is 19.4 Å². The number of likely N-dealkylation sites (tertiary alicyclic amines) is 1. The smallest absolute Gasteiger partial charge is 0.289 e. The zero-order valence-electron chi connectivity index (χ0n) is 29.3. The molecule has 5 rings (SSSR count). The topological polar surface area (TPSA) is 180 Å². The first kappa shape index (κ1) is 36.4. The van der Waals surface area contributed by atoms with Gasteiger partial charge in [-0.3, -0.25) is 33.8 Å². The summed E-state index contributed by atoms with van der Waals surface area (Å²) < 4.78 is 0. The molecule has 4 N–H and O–H groups in total. The Morgan fingerprint density at radius 3 is 2.27 bits per heavy atom. The fourth-order valence-corrected chi connectivity index (χ4v) is 7.87. The molecule has 2 heterocycles. The van der Waals surface area contributed by atoms with Crippen LogP contribution in [0.3, 0.4) is 0 Å². The molecule has 5 amide bonds. The molecule has 268 valence electrons. The molecule has 6 atom stereocenters. The molecule has 0 spiro atoms. The normalized spacial score (nSPS) is 24.2. The van der Waals surface area contributed by atoms with E-state index in [1.807, 2.05) is 27.7 Å². The molecule has 1 aromatic heterocycles. The Hall–Kier alpha value is -3.90. The van der Waals surface area contributed by atoms with Crippen molar-refractivity contribution in [3.05, 3.63) is 24.3 Å². The van der Waals surface area contributed by atoms with Gasteiger partial charge in [0.25, 0.3) is 11.8 Å². The minimum absolute atomic E-state index is 0.0132. The van der Waals surface area contributed by atoms with Gasteiger partial charge in [0.15, 0.2) is 0 Å². The van der Waals surface area contributed by atoms with Gasteiger partial charge in [-0.15, -0.1) is 0 Å². The highest BCUT2D eigenvalue weighted by molar-refractivity contribution is 6.38. The average molecular weight is 680 g/mol. The van der Waals surface area contributed by atoms with Crippen molar-refractivity contribution in [1.29, 1.82) is 0 Å². The summed E-state index contributed by atoms with van der Waals surface area (Å²) in [6, 6.07) is -3.68. The lowest BCUT2D eigenvalue weighted by Gasteiger charge is -2.38. The SMILES string of the molecule is CCC[C@@H](NC(=O)[C@@H]1C2CCCC2CN1C(=O)[C@@H](NC(=O)[C@H](NC(=O)c1cnccn1)C1CCCCC1)C(C)(C)C)C(=O)C(=O)NC1CC1. The molecule has 4 fully saturated rings. The number of Topliss-reactive ketones (excluding diaryl/α,β-unsaturated/α-hetero) is 1.